The molecular formula is C19H23BrN2O5S. The first kappa shape index (κ1) is 22.2. The number of hydrogen-bond acceptors (Lipinski definition) is 5. The molecule has 0 heterocycles. The number of amides is 1. The molecule has 28 heavy (non-hydrogen) atoms. The van der Waals surface area contributed by atoms with Gasteiger partial charge in [-0.05, 0) is 52.3 Å². The molecule has 0 atom stereocenters. The number of hydrogen-bond donors (Lipinski definition) is 1. The van der Waals surface area contributed by atoms with Gasteiger partial charge in [-0.25, -0.2) is 8.42 Å². The number of halogens is 1. The Morgan fingerprint density at radius 3 is 2.32 bits per heavy atom. The zero-order valence-electron chi connectivity index (χ0n) is 16.2. The van der Waals surface area contributed by atoms with Gasteiger partial charge in [-0.2, -0.15) is 4.31 Å². The van der Waals surface area contributed by atoms with Gasteiger partial charge in [-0.15, -0.1) is 0 Å². The number of benzene rings is 2. The van der Waals surface area contributed by atoms with Crippen LogP contribution in [0.4, 0.5) is 5.69 Å². The Morgan fingerprint density at radius 1 is 1.07 bits per heavy atom. The Balaban J connectivity index is 2.44. The number of anilines is 1. The molecule has 2 aromatic carbocycles. The van der Waals surface area contributed by atoms with Gasteiger partial charge in [0.25, 0.3) is 5.91 Å². The van der Waals surface area contributed by atoms with Crippen LogP contribution in [0.15, 0.2) is 45.8 Å². The molecule has 0 aliphatic rings. The van der Waals surface area contributed by atoms with Crippen LogP contribution in [-0.2, 0) is 10.0 Å². The van der Waals surface area contributed by atoms with Gasteiger partial charge in [0.05, 0.1) is 30.4 Å². The van der Waals surface area contributed by atoms with Crippen LogP contribution in [0.2, 0.25) is 0 Å². The molecule has 0 aliphatic carbocycles. The number of carbonyl (C=O) groups excluding carboxylic acids is 1. The summed E-state index contributed by atoms with van der Waals surface area (Å²) in [6, 6.07) is 9.39. The zero-order valence-corrected chi connectivity index (χ0v) is 18.6. The second-order valence-corrected chi connectivity index (χ2v) is 8.54. The number of nitrogens with one attached hydrogen (secondary N) is 1. The van der Waals surface area contributed by atoms with Gasteiger partial charge in [0, 0.05) is 17.6 Å². The molecule has 7 nitrogen and oxygen atoms in total. The van der Waals surface area contributed by atoms with E-state index >= 15 is 0 Å². The van der Waals surface area contributed by atoms with Crippen LogP contribution in [0.1, 0.15) is 24.2 Å². The third-order valence-electron chi connectivity index (χ3n) is 4.18. The Hall–Kier alpha value is -2.10. The van der Waals surface area contributed by atoms with Crippen molar-refractivity contribution in [1.82, 2.24) is 4.31 Å². The largest absolute Gasteiger partial charge is 0.497 e. The molecule has 0 bridgehead atoms. The molecule has 152 valence electrons. The van der Waals surface area contributed by atoms with Crippen molar-refractivity contribution in [3.05, 3.63) is 46.4 Å². The number of methoxy groups -OCH3 is 2. The van der Waals surface area contributed by atoms with Crippen LogP contribution in [0.3, 0.4) is 0 Å². The van der Waals surface area contributed by atoms with Crippen molar-refractivity contribution in [3.8, 4) is 11.5 Å². The topological polar surface area (TPSA) is 84.9 Å². The molecule has 1 amide bonds. The Kier molecular flexibility index (Phi) is 7.45. The third kappa shape index (κ3) is 4.65. The Bertz CT molecular complexity index is 959. The van der Waals surface area contributed by atoms with E-state index in [-0.39, 0.29) is 10.6 Å². The molecule has 2 aromatic rings. The van der Waals surface area contributed by atoms with Crippen molar-refractivity contribution in [2.24, 2.45) is 0 Å². The maximum atomic E-state index is 12.8. The number of ether oxygens (including phenoxy) is 2. The minimum Gasteiger partial charge on any atom is -0.497 e. The molecule has 0 radical (unpaired) electrons. The molecular weight excluding hydrogens is 448 g/mol. The van der Waals surface area contributed by atoms with E-state index in [1.165, 1.54) is 36.7 Å². The third-order valence-corrected chi connectivity index (χ3v) is 6.92. The first-order valence-electron chi connectivity index (χ1n) is 8.61. The van der Waals surface area contributed by atoms with Gasteiger partial charge in [0.2, 0.25) is 10.0 Å². The van der Waals surface area contributed by atoms with E-state index < -0.39 is 15.9 Å². The fourth-order valence-electron chi connectivity index (χ4n) is 2.65. The summed E-state index contributed by atoms with van der Waals surface area (Å²) in [5.41, 5.74) is 0.605. The highest BCUT2D eigenvalue weighted by Gasteiger charge is 2.23. The average Bonchev–Trinajstić information content (AvgIpc) is 2.68. The van der Waals surface area contributed by atoms with Crippen molar-refractivity contribution in [2.45, 2.75) is 18.7 Å². The second-order valence-electron chi connectivity index (χ2n) is 5.75. The smallest absolute Gasteiger partial charge is 0.257 e. The summed E-state index contributed by atoms with van der Waals surface area (Å²) in [6.07, 6.45) is 0. The summed E-state index contributed by atoms with van der Waals surface area (Å²) in [6.45, 7) is 4.24. The molecule has 0 spiro atoms. The molecule has 1 N–H and O–H groups in total. The zero-order chi connectivity index (χ0) is 20.9. The number of rotatable bonds is 8. The highest BCUT2D eigenvalue weighted by molar-refractivity contribution is 9.10. The molecule has 0 fully saturated rings. The molecule has 0 aromatic heterocycles. The monoisotopic (exact) mass is 470 g/mol. The predicted molar refractivity (Wildman–Crippen MR) is 112 cm³/mol. The van der Waals surface area contributed by atoms with E-state index in [0.717, 1.165) is 0 Å². The predicted octanol–water partition coefficient (Wildman–Crippen LogP) is 3.75. The summed E-state index contributed by atoms with van der Waals surface area (Å²) < 4.78 is 37.9. The van der Waals surface area contributed by atoms with Crippen LogP contribution in [0.5, 0.6) is 11.5 Å². The van der Waals surface area contributed by atoms with Gasteiger partial charge in [0.1, 0.15) is 11.5 Å². The van der Waals surface area contributed by atoms with Gasteiger partial charge in [0.15, 0.2) is 0 Å². The Morgan fingerprint density at radius 2 is 1.75 bits per heavy atom. The summed E-state index contributed by atoms with van der Waals surface area (Å²) >= 11 is 3.34. The fraction of sp³-hybridized carbons (Fsp3) is 0.316. The lowest BCUT2D eigenvalue weighted by Crippen LogP contribution is -2.30. The highest BCUT2D eigenvalue weighted by atomic mass is 79.9. The van der Waals surface area contributed by atoms with Gasteiger partial charge in [-0.1, -0.05) is 13.8 Å². The quantitative estimate of drug-likeness (QED) is 0.634. The van der Waals surface area contributed by atoms with Crippen molar-refractivity contribution >= 4 is 37.5 Å². The number of sulfonamides is 1. The SMILES string of the molecule is CCN(CC)S(=O)(=O)c1ccc(OC)c(NC(=O)c2cc(OC)ccc2Br)c1. The summed E-state index contributed by atoms with van der Waals surface area (Å²) in [5, 5.41) is 2.72. The van der Waals surface area contributed by atoms with Crippen LogP contribution in [0, 0.1) is 0 Å². The van der Waals surface area contributed by atoms with Gasteiger partial charge >= 0.3 is 0 Å². The van der Waals surface area contributed by atoms with Crippen LogP contribution in [0.25, 0.3) is 0 Å². The van der Waals surface area contributed by atoms with Gasteiger partial charge in [-0.3, -0.25) is 4.79 Å². The van der Waals surface area contributed by atoms with Crippen LogP contribution < -0.4 is 14.8 Å². The highest BCUT2D eigenvalue weighted by Crippen LogP contribution is 2.30. The van der Waals surface area contributed by atoms with Crippen molar-refractivity contribution in [2.75, 3.05) is 32.6 Å². The minimum atomic E-state index is -3.67. The molecule has 0 aliphatic heterocycles. The Labute approximate surface area is 173 Å². The molecule has 9 heteroatoms. The number of carbonyl (C=O) groups is 1. The molecule has 2 rings (SSSR count). The second kappa shape index (κ2) is 9.40. The standard InChI is InChI=1S/C19H23BrN2O5S/c1-5-22(6-2)28(24,25)14-8-10-18(27-4)17(12-14)21-19(23)15-11-13(26-3)7-9-16(15)20/h7-12H,5-6H2,1-4H3,(H,21,23). The number of nitrogens with zero attached hydrogens (tertiary/aromatic N) is 1. The van der Waals surface area contributed by atoms with E-state index in [4.69, 9.17) is 9.47 Å². The summed E-state index contributed by atoms with van der Waals surface area (Å²) in [4.78, 5) is 12.8. The van der Waals surface area contributed by atoms with Crippen LogP contribution >= 0.6 is 15.9 Å². The normalized spacial score (nSPS) is 11.4. The van der Waals surface area contributed by atoms with E-state index in [9.17, 15) is 13.2 Å². The lowest BCUT2D eigenvalue weighted by molar-refractivity contribution is 0.102. The fourth-order valence-corrected chi connectivity index (χ4v) is 4.56. The van der Waals surface area contributed by atoms with Crippen molar-refractivity contribution in [3.63, 3.8) is 0 Å². The minimum absolute atomic E-state index is 0.0806. The first-order chi connectivity index (χ1) is 13.3. The lowest BCUT2D eigenvalue weighted by atomic mass is 10.2. The average molecular weight is 471 g/mol. The van der Waals surface area contributed by atoms with Gasteiger partial charge < -0.3 is 14.8 Å². The lowest BCUT2D eigenvalue weighted by Gasteiger charge is -2.19. The molecule has 0 unspecified atom stereocenters. The first-order valence-corrected chi connectivity index (χ1v) is 10.8. The van der Waals surface area contributed by atoms with Crippen LogP contribution in [-0.4, -0.2) is 45.9 Å². The van der Waals surface area contributed by atoms with E-state index in [2.05, 4.69) is 21.2 Å². The van der Waals surface area contributed by atoms with E-state index in [1.807, 2.05) is 0 Å². The maximum absolute atomic E-state index is 12.8. The molecule has 0 saturated heterocycles. The van der Waals surface area contributed by atoms with E-state index in [0.29, 0.717) is 34.6 Å². The van der Waals surface area contributed by atoms with Crippen molar-refractivity contribution in [1.29, 1.82) is 0 Å². The van der Waals surface area contributed by atoms with Crippen molar-refractivity contribution < 1.29 is 22.7 Å². The van der Waals surface area contributed by atoms with E-state index in [1.54, 1.807) is 32.0 Å². The summed E-state index contributed by atoms with van der Waals surface area (Å²) in [5.74, 6) is 0.450. The summed E-state index contributed by atoms with van der Waals surface area (Å²) in [7, 11) is -0.712. The molecule has 0 saturated carbocycles. The maximum Gasteiger partial charge on any atom is 0.257 e.